The molecule has 1 fully saturated rings. The molecule has 1 saturated heterocycles. The Kier molecular flexibility index (Phi) is 6.46. The zero-order valence-electron chi connectivity index (χ0n) is 11.8. The van der Waals surface area contributed by atoms with Crippen LogP contribution in [-0.4, -0.2) is 53.2 Å². The fraction of sp³-hybridized carbons (Fsp3) is 0.769. The van der Waals surface area contributed by atoms with Gasteiger partial charge in [0.1, 0.15) is 0 Å². The fourth-order valence-corrected chi connectivity index (χ4v) is 2.19. The Bertz CT molecular complexity index is 376. The number of hydrogen-bond acceptors (Lipinski definition) is 5. The van der Waals surface area contributed by atoms with Gasteiger partial charge in [0, 0.05) is 25.7 Å². The van der Waals surface area contributed by atoms with E-state index in [4.69, 9.17) is 4.74 Å². The number of carbonyl (C=O) groups is 1. The average Bonchev–Trinajstić information content (AvgIpc) is 2.98. The van der Waals surface area contributed by atoms with E-state index in [-0.39, 0.29) is 5.91 Å². The third-order valence-electron chi connectivity index (χ3n) is 3.33. The lowest BCUT2D eigenvalue weighted by molar-refractivity contribution is -0.122. The minimum Gasteiger partial charge on any atom is -0.378 e. The van der Waals surface area contributed by atoms with Gasteiger partial charge >= 0.3 is 0 Å². The third kappa shape index (κ3) is 5.66. The Morgan fingerprint density at radius 2 is 2.30 bits per heavy atom. The Morgan fingerprint density at radius 1 is 1.45 bits per heavy atom. The molecule has 7 heteroatoms. The Labute approximate surface area is 119 Å². The second-order valence-corrected chi connectivity index (χ2v) is 4.94. The van der Waals surface area contributed by atoms with Crippen LogP contribution in [0.2, 0.25) is 0 Å². The molecular formula is C13H23N5O2. The lowest BCUT2D eigenvalue weighted by Crippen LogP contribution is -2.33. The van der Waals surface area contributed by atoms with Gasteiger partial charge in [-0.05, 0) is 32.4 Å². The molecule has 0 bridgehead atoms. The van der Waals surface area contributed by atoms with Crippen LogP contribution >= 0.6 is 0 Å². The maximum atomic E-state index is 11.6. The van der Waals surface area contributed by atoms with E-state index in [1.54, 1.807) is 10.9 Å². The predicted molar refractivity (Wildman–Crippen MR) is 74.1 cm³/mol. The molecule has 0 aromatic carbocycles. The highest BCUT2D eigenvalue weighted by atomic mass is 16.5. The smallest absolute Gasteiger partial charge is 0.222 e. The zero-order valence-corrected chi connectivity index (χ0v) is 11.8. The number of ether oxygens (including phenoxy) is 1. The van der Waals surface area contributed by atoms with Crippen molar-refractivity contribution in [1.29, 1.82) is 0 Å². The Hall–Kier alpha value is -1.47. The zero-order chi connectivity index (χ0) is 14.0. The molecule has 7 nitrogen and oxygen atoms in total. The molecule has 2 heterocycles. The van der Waals surface area contributed by atoms with E-state index in [1.807, 2.05) is 6.20 Å². The van der Waals surface area contributed by atoms with Gasteiger partial charge in [0.05, 0.1) is 18.9 Å². The molecule has 1 aromatic heterocycles. The van der Waals surface area contributed by atoms with Crippen LogP contribution in [0.1, 0.15) is 25.7 Å². The summed E-state index contributed by atoms with van der Waals surface area (Å²) in [6.07, 6.45) is 7.15. The van der Waals surface area contributed by atoms with E-state index in [2.05, 4.69) is 20.9 Å². The Morgan fingerprint density at radius 3 is 3.05 bits per heavy atom. The minimum atomic E-state index is 0.0533. The van der Waals surface area contributed by atoms with Gasteiger partial charge in [0.25, 0.3) is 0 Å². The number of carbonyl (C=O) groups excluding carboxylic acids is 1. The second kappa shape index (κ2) is 8.65. The van der Waals surface area contributed by atoms with Gasteiger partial charge in [-0.25, -0.2) is 0 Å². The van der Waals surface area contributed by atoms with Crippen LogP contribution in [0.5, 0.6) is 0 Å². The summed E-state index contributed by atoms with van der Waals surface area (Å²) >= 11 is 0. The van der Waals surface area contributed by atoms with Crippen molar-refractivity contribution >= 4 is 5.91 Å². The van der Waals surface area contributed by atoms with Crippen LogP contribution in [-0.2, 0) is 16.1 Å². The fourth-order valence-electron chi connectivity index (χ4n) is 2.19. The summed E-state index contributed by atoms with van der Waals surface area (Å²) in [5.41, 5.74) is 0. The lowest BCUT2D eigenvalue weighted by Gasteiger charge is -2.22. The number of aromatic nitrogens is 3. The van der Waals surface area contributed by atoms with Crippen LogP contribution < -0.4 is 10.6 Å². The van der Waals surface area contributed by atoms with Gasteiger partial charge in [0.2, 0.25) is 5.91 Å². The molecule has 0 saturated carbocycles. The molecule has 0 unspecified atom stereocenters. The summed E-state index contributed by atoms with van der Waals surface area (Å²) in [4.78, 5) is 11.6. The van der Waals surface area contributed by atoms with E-state index in [0.29, 0.717) is 25.7 Å². The first-order valence-electron chi connectivity index (χ1n) is 7.28. The molecule has 1 aromatic rings. The molecule has 0 atom stereocenters. The Balaban J connectivity index is 1.45. The summed E-state index contributed by atoms with van der Waals surface area (Å²) in [5.74, 6) is 0.0533. The maximum absolute atomic E-state index is 11.6. The second-order valence-electron chi connectivity index (χ2n) is 4.94. The van der Waals surface area contributed by atoms with Crippen molar-refractivity contribution < 1.29 is 9.53 Å². The van der Waals surface area contributed by atoms with E-state index < -0.39 is 0 Å². The van der Waals surface area contributed by atoms with E-state index >= 15 is 0 Å². The van der Waals surface area contributed by atoms with Crippen molar-refractivity contribution in [3.05, 3.63) is 12.4 Å². The minimum absolute atomic E-state index is 0.0533. The summed E-state index contributed by atoms with van der Waals surface area (Å²) in [5, 5.41) is 13.8. The molecule has 2 N–H and O–H groups in total. The predicted octanol–water partition coefficient (Wildman–Crippen LogP) is -0.0569. The number of aryl methyl sites for hydroxylation is 1. The number of nitrogens with zero attached hydrogens (tertiary/aromatic N) is 3. The highest BCUT2D eigenvalue weighted by Crippen LogP contribution is 2.07. The summed E-state index contributed by atoms with van der Waals surface area (Å²) in [6.45, 7) is 3.97. The number of hydrogen-bond donors (Lipinski definition) is 2. The first-order chi connectivity index (χ1) is 9.84. The molecule has 1 aliphatic heterocycles. The standard InChI is InChI=1S/C13H23N5O2/c19-13(4-11-20-12-2-6-14-7-3-12)15-5-1-9-18-10-8-16-17-18/h8,10,12,14H,1-7,9,11H2,(H,15,19). The van der Waals surface area contributed by atoms with Crippen molar-refractivity contribution in [3.8, 4) is 0 Å². The van der Waals surface area contributed by atoms with Crippen molar-refractivity contribution in [2.24, 2.45) is 0 Å². The van der Waals surface area contributed by atoms with Crippen molar-refractivity contribution in [1.82, 2.24) is 25.6 Å². The van der Waals surface area contributed by atoms with Gasteiger partial charge in [-0.3, -0.25) is 9.48 Å². The normalized spacial score (nSPS) is 16.2. The third-order valence-corrected chi connectivity index (χ3v) is 3.33. The van der Waals surface area contributed by atoms with Crippen molar-refractivity contribution in [2.45, 2.75) is 38.3 Å². The number of nitrogens with one attached hydrogen (secondary N) is 2. The highest BCUT2D eigenvalue weighted by molar-refractivity contribution is 5.75. The van der Waals surface area contributed by atoms with Gasteiger partial charge < -0.3 is 15.4 Å². The van der Waals surface area contributed by atoms with Gasteiger partial charge in [-0.1, -0.05) is 5.21 Å². The average molecular weight is 281 g/mol. The summed E-state index contributed by atoms with van der Waals surface area (Å²) < 4.78 is 7.45. The number of piperidine rings is 1. The van der Waals surface area contributed by atoms with Crippen molar-refractivity contribution in [2.75, 3.05) is 26.2 Å². The van der Waals surface area contributed by atoms with E-state index in [0.717, 1.165) is 38.9 Å². The molecule has 20 heavy (non-hydrogen) atoms. The molecule has 112 valence electrons. The molecule has 0 aliphatic carbocycles. The van der Waals surface area contributed by atoms with Crippen LogP contribution in [0.4, 0.5) is 0 Å². The first kappa shape index (κ1) is 14.9. The highest BCUT2D eigenvalue weighted by Gasteiger charge is 2.13. The largest absolute Gasteiger partial charge is 0.378 e. The van der Waals surface area contributed by atoms with Gasteiger partial charge in [-0.2, -0.15) is 0 Å². The maximum Gasteiger partial charge on any atom is 0.222 e. The van der Waals surface area contributed by atoms with Gasteiger partial charge in [-0.15, -0.1) is 5.10 Å². The number of rotatable bonds is 8. The SMILES string of the molecule is O=C(CCOC1CCNCC1)NCCCn1ccnn1. The van der Waals surface area contributed by atoms with E-state index in [1.165, 1.54) is 0 Å². The van der Waals surface area contributed by atoms with Crippen LogP contribution in [0.15, 0.2) is 12.4 Å². The summed E-state index contributed by atoms with van der Waals surface area (Å²) in [7, 11) is 0. The van der Waals surface area contributed by atoms with Crippen LogP contribution in [0.25, 0.3) is 0 Å². The van der Waals surface area contributed by atoms with Crippen molar-refractivity contribution in [3.63, 3.8) is 0 Å². The monoisotopic (exact) mass is 281 g/mol. The quantitative estimate of drug-likeness (QED) is 0.653. The molecule has 1 amide bonds. The molecule has 2 rings (SSSR count). The number of amides is 1. The van der Waals surface area contributed by atoms with Crippen LogP contribution in [0.3, 0.4) is 0 Å². The molecule has 0 radical (unpaired) electrons. The molecule has 0 spiro atoms. The van der Waals surface area contributed by atoms with E-state index in [9.17, 15) is 4.79 Å². The lowest BCUT2D eigenvalue weighted by atomic mass is 10.1. The first-order valence-corrected chi connectivity index (χ1v) is 7.28. The molecule has 1 aliphatic rings. The molecular weight excluding hydrogens is 258 g/mol. The topological polar surface area (TPSA) is 81.1 Å². The van der Waals surface area contributed by atoms with Crippen LogP contribution in [0, 0.1) is 0 Å². The summed E-state index contributed by atoms with van der Waals surface area (Å²) in [6, 6.07) is 0. The van der Waals surface area contributed by atoms with Gasteiger partial charge in [0.15, 0.2) is 0 Å².